The molecule has 15 heteroatoms. The Bertz CT molecular complexity index is 2650. The Hall–Kier alpha value is -5.75. The van der Waals surface area contributed by atoms with E-state index < -0.39 is 12.0 Å². The van der Waals surface area contributed by atoms with Gasteiger partial charge < -0.3 is 29.7 Å². The molecular formula is C54H65ClN8O5S. The molecule has 3 aromatic carbocycles. The molecule has 2 saturated heterocycles. The van der Waals surface area contributed by atoms with Crippen LogP contribution in [0.15, 0.2) is 82.8 Å². The Morgan fingerprint density at radius 1 is 0.957 bits per heavy atom. The number of rotatable bonds is 16. The van der Waals surface area contributed by atoms with E-state index in [-0.39, 0.29) is 52.7 Å². The topological polar surface area (TPSA) is 157 Å². The second-order valence-electron chi connectivity index (χ2n) is 20.5. The van der Waals surface area contributed by atoms with Crippen LogP contribution in [0.3, 0.4) is 0 Å². The van der Waals surface area contributed by atoms with Gasteiger partial charge in [0, 0.05) is 67.3 Å². The lowest BCUT2D eigenvalue weighted by atomic mass is 9.49. The molecule has 1 unspecified atom stereocenters. The molecule has 0 bridgehead atoms. The number of likely N-dealkylation sites (tertiary alicyclic amines) is 1. The van der Waals surface area contributed by atoms with Crippen molar-refractivity contribution in [3.63, 3.8) is 0 Å². The number of carbonyl (C=O) groups excluding carboxylic acids is 3. The van der Waals surface area contributed by atoms with E-state index in [1.807, 2.05) is 75.7 Å². The van der Waals surface area contributed by atoms with Gasteiger partial charge >= 0.3 is 0 Å². The first-order valence-corrected chi connectivity index (χ1v) is 25.5. The Morgan fingerprint density at radius 3 is 2.30 bits per heavy atom. The molecule has 3 atom stereocenters. The second-order valence-corrected chi connectivity index (χ2v) is 21.8. The van der Waals surface area contributed by atoms with Gasteiger partial charge in [0.25, 0.3) is 5.91 Å². The van der Waals surface area contributed by atoms with Crippen LogP contribution in [0.4, 0.5) is 5.82 Å². The summed E-state index contributed by atoms with van der Waals surface area (Å²) in [7, 11) is 0. The highest BCUT2D eigenvalue weighted by Crippen LogP contribution is 2.55. The van der Waals surface area contributed by atoms with Crippen molar-refractivity contribution in [1.82, 2.24) is 30.6 Å². The van der Waals surface area contributed by atoms with Crippen LogP contribution in [0.5, 0.6) is 5.75 Å². The van der Waals surface area contributed by atoms with E-state index in [0.717, 1.165) is 79.5 Å². The molecule has 3 aliphatic rings. The summed E-state index contributed by atoms with van der Waals surface area (Å²) in [6.45, 7) is 21.2. The Labute approximate surface area is 415 Å². The number of benzene rings is 3. The van der Waals surface area contributed by atoms with Gasteiger partial charge in [-0.3, -0.25) is 19.3 Å². The van der Waals surface area contributed by atoms with Crippen LogP contribution in [0.2, 0.25) is 5.02 Å². The number of carbonyl (C=O) groups is 3. The number of piperazine rings is 1. The number of hydrogen-bond acceptors (Lipinski definition) is 11. The van der Waals surface area contributed by atoms with E-state index in [2.05, 4.69) is 76.5 Å². The van der Waals surface area contributed by atoms with Gasteiger partial charge in [-0.1, -0.05) is 94.7 Å². The van der Waals surface area contributed by atoms with Crippen LogP contribution in [0, 0.1) is 35.0 Å². The van der Waals surface area contributed by atoms with E-state index in [9.17, 15) is 19.6 Å². The summed E-state index contributed by atoms with van der Waals surface area (Å²) in [6, 6.07) is 24.4. The Kier molecular flexibility index (Phi) is 14.9. The zero-order chi connectivity index (χ0) is 49.2. The van der Waals surface area contributed by atoms with Crippen molar-refractivity contribution in [2.45, 2.75) is 111 Å². The zero-order valence-electron chi connectivity index (χ0n) is 41.1. The highest BCUT2D eigenvalue weighted by molar-refractivity contribution is 7.13. The predicted octanol–water partition coefficient (Wildman–Crippen LogP) is 9.61. The van der Waals surface area contributed by atoms with Crippen molar-refractivity contribution in [2.75, 3.05) is 44.2 Å². The summed E-state index contributed by atoms with van der Waals surface area (Å²) in [5, 5.41) is 20.5. The van der Waals surface area contributed by atoms with E-state index in [4.69, 9.17) is 20.9 Å². The van der Waals surface area contributed by atoms with E-state index in [1.54, 1.807) is 34.4 Å². The van der Waals surface area contributed by atoms with Crippen molar-refractivity contribution in [2.24, 2.45) is 16.7 Å². The largest absolute Gasteiger partial charge is 0.489 e. The van der Waals surface area contributed by atoms with Crippen molar-refractivity contribution in [1.29, 1.82) is 5.26 Å². The van der Waals surface area contributed by atoms with Crippen molar-refractivity contribution < 1.29 is 23.6 Å². The SMILES string of the molecule is Cc1ncsc1-c1ccc([C@H](C)NC(=O)[C@@H]2CCCN2C(=O)C(c2cc(N3CCN(CCCc4ccc(C(=O)N[C@H]5C(C)(C)[C@H](Oc6ccc(C#N)c(Cl)c6)C5(C)C)cc4)CC3)no2)C(C)C)cc1. The number of amides is 3. The van der Waals surface area contributed by atoms with E-state index in [1.165, 1.54) is 5.56 Å². The summed E-state index contributed by atoms with van der Waals surface area (Å²) in [4.78, 5) is 53.5. The first kappa shape index (κ1) is 49.7. The lowest BCUT2D eigenvalue weighted by Gasteiger charge is -2.63. The third-order valence-electron chi connectivity index (χ3n) is 14.7. The maximum atomic E-state index is 14.3. The second kappa shape index (κ2) is 20.7. The minimum absolute atomic E-state index is 0.0582. The maximum absolute atomic E-state index is 14.3. The minimum atomic E-state index is -0.553. The third-order valence-corrected chi connectivity index (χ3v) is 15.9. The quantitative estimate of drug-likeness (QED) is 0.0976. The number of thiazole rings is 1. The molecule has 13 nitrogen and oxygen atoms in total. The minimum Gasteiger partial charge on any atom is -0.489 e. The molecule has 2 N–H and O–H groups in total. The number of ether oxygens (including phenoxy) is 1. The van der Waals surface area contributed by atoms with Gasteiger partial charge in [0.15, 0.2) is 11.6 Å². The molecule has 1 saturated carbocycles. The zero-order valence-corrected chi connectivity index (χ0v) is 42.6. The normalized spacial score (nSPS) is 20.7. The molecular weight excluding hydrogens is 908 g/mol. The highest BCUT2D eigenvalue weighted by Gasteiger charge is 2.64. The van der Waals surface area contributed by atoms with Gasteiger partial charge in [0.05, 0.1) is 32.7 Å². The van der Waals surface area contributed by atoms with Gasteiger partial charge in [0.2, 0.25) is 11.8 Å². The van der Waals surface area contributed by atoms with Gasteiger partial charge in [0.1, 0.15) is 29.9 Å². The lowest BCUT2D eigenvalue weighted by Crippen LogP contribution is -2.74. The average molecular weight is 974 g/mol. The van der Waals surface area contributed by atoms with Crippen LogP contribution in [0.25, 0.3) is 10.4 Å². The highest BCUT2D eigenvalue weighted by atomic mass is 35.5. The number of nitrogens with zero attached hydrogens (tertiary/aromatic N) is 6. The monoisotopic (exact) mass is 972 g/mol. The predicted molar refractivity (Wildman–Crippen MR) is 270 cm³/mol. The number of nitriles is 1. The standard InChI is InChI=1S/C54H65ClN8O5S/c1-33(2)46(50(66)63-24-10-12-43(63)49(65)58-34(3)37-17-19-38(20-18-37)47-35(4)57-32-69-47)44-30-45(60-68-44)62-27-25-61(26-28-62)23-9-11-36-13-15-39(16-14-36)48(64)59-51-53(5,6)52(54(51,7)8)67-41-22-21-40(31-56)42(55)29-41/h13-22,29-30,32-34,43,46,51-52H,9-12,23-28H2,1-8H3,(H,58,65)(H,59,64)/t34-,43-,46?,51-,52-/m0/s1. The average Bonchev–Trinajstić information content (AvgIpc) is 4.13. The first-order valence-electron chi connectivity index (χ1n) is 24.3. The van der Waals surface area contributed by atoms with Crippen LogP contribution in [0.1, 0.15) is 118 Å². The fourth-order valence-electron chi connectivity index (χ4n) is 11.0. The Morgan fingerprint density at radius 2 is 1.67 bits per heavy atom. The number of aryl methyl sites for hydroxylation is 2. The number of anilines is 1. The Balaban J connectivity index is 0.779. The molecule has 2 aromatic heterocycles. The number of aromatic nitrogens is 2. The summed E-state index contributed by atoms with van der Waals surface area (Å²) in [5.74, 6) is 0.916. The maximum Gasteiger partial charge on any atom is 0.251 e. The molecule has 2 aliphatic heterocycles. The molecule has 3 fully saturated rings. The molecule has 5 aromatic rings. The number of nitrogens with one attached hydrogen (secondary N) is 2. The molecule has 0 radical (unpaired) electrons. The van der Waals surface area contributed by atoms with Gasteiger partial charge in [-0.05, 0) is 92.9 Å². The molecule has 69 heavy (non-hydrogen) atoms. The smallest absolute Gasteiger partial charge is 0.251 e. The van der Waals surface area contributed by atoms with Crippen molar-refractivity contribution in [3.05, 3.63) is 117 Å². The van der Waals surface area contributed by atoms with E-state index in [0.29, 0.717) is 40.6 Å². The summed E-state index contributed by atoms with van der Waals surface area (Å²) < 4.78 is 12.3. The molecule has 4 heterocycles. The van der Waals surface area contributed by atoms with E-state index >= 15 is 0 Å². The molecule has 0 spiro atoms. The fourth-order valence-corrected chi connectivity index (χ4v) is 12.1. The molecule has 364 valence electrons. The van der Waals surface area contributed by atoms with Gasteiger partial charge in [-0.25, -0.2) is 4.98 Å². The van der Waals surface area contributed by atoms with Crippen LogP contribution in [-0.2, 0) is 16.0 Å². The van der Waals surface area contributed by atoms with Crippen molar-refractivity contribution in [3.8, 4) is 22.3 Å². The molecule has 1 aliphatic carbocycles. The van der Waals surface area contributed by atoms with Gasteiger partial charge in [-0.2, -0.15) is 5.26 Å². The number of hydrogen-bond donors (Lipinski definition) is 2. The summed E-state index contributed by atoms with van der Waals surface area (Å²) in [6.07, 6.45) is 3.10. The molecule has 8 rings (SSSR count). The van der Waals surface area contributed by atoms with Crippen LogP contribution in [-0.4, -0.2) is 95.1 Å². The summed E-state index contributed by atoms with van der Waals surface area (Å²) in [5.41, 5.74) is 6.48. The first-order chi connectivity index (χ1) is 33.0. The summed E-state index contributed by atoms with van der Waals surface area (Å²) >= 11 is 7.88. The van der Waals surface area contributed by atoms with Crippen molar-refractivity contribution >= 4 is 46.5 Å². The fraction of sp³-hybridized carbons (Fsp3) is 0.481. The third kappa shape index (κ3) is 10.6. The van der Waals surface area contributed by atoms with Crippen LogP contribution < -0.4 is 20.3 Å². The van der Waals surface area contributed by atoms with Gasteiger partial charge in [-0.15, -0.1) is 11.3 Å². The lowest BCUT2D eigenvalue weighted by molar-refractivity contribution is -0.164. The molecule has 3 amide bonds. The number of halogens is 1. The van der Waals surface area contributed by atoms with Crippen LogP contribution >= 0.6 is 22.9 Å².